The van der Waals surface area contributed by atoms with Crippen molar-refractivity contribution in [2.45, 2.75) is 19.9 Å². The number of nitrogens with zero attached hydrogens (tertiary/aromatic N) is 3. The SMILES string of the molecule is CCCn1nncc1-c1ccc(Cl)cc1. The summed E-state index contributed by atoms with van der Waals surface area (Å²) < 4.78 is 1.91. The standard InChI is InChI=1S/C11H12ClN3/c1-2-7-15-11(8-13-14-15)9-3-5-10(12)6-4-9/h3-6,8H,2,7H2,1H3. The van der Waals surface area contributed by atoms with Gasteiger partial charge in [-0.15, -0.1) is 5.10 Å². The maximum atomic E-state index is 5.84. The summed E-state index contributed by atoms with van der Waals surface area (Å²) in [6.45, 7) is 3.01. The van der Waals surface area contributed by atoms with Crippen LogP contribution < -0.4 is 0 Å². The molecule has 0 unspecified atom stereocenters. The Morgan fingerprint density at radius 3 is 2.67 bits per heavy atom. The van der Waals surface area contributed by atoms with Gasteiger partial charge in [0.25, 0.3) is 0 Å². The predicted octanol–water partition coefficient (Wildman–Crippen LogP) is 3.01. The largest absolute Gasteiger partial charge is 0.245 e. The predicted molar refractivity (Wildman–Crippen MR) is 60.8 cm³/mol. The van der Waals surface area contributed by atoms with Gasteiger partial charge in [0.1, 0.15) is 0 Å². The first-order chi connectivity index (χ1) is 7.31. The molecule has 1 heterocycles. The van der Waals surface area contributed by atoms with E-state index < -0.39 is 0 Å². The Bertz CT molecular complexity index is 433. The van der Waals surface area contributed by atoms with E-state index in [-0.39, 0.29) is 0 Å². The van der Waals surface area contributed by atoms with E-state index in [1.54, 1.807) is 6.20 Å². The maximum Gasteiger partial charge on any atom is 0.0885 e. The fraction of sp³-hybridized carbons (Fsp3) is 0.273. The molecule has 0 saturated carbocycles. The van der Waals surface area contributed by atoms with Gasteiger partial charge in [0, 0.05) is 17.1 Å². The smallest absolute Gasteiger partial charge is 0.0885 e. The molecule has 2 aromatic rings. The zero-order chi connectivity index (χ0) is 10.7. The van der Waals surface area contributed by atoms with Gasteiger partial charge in [-0.3, -0.25) is 0 Å². The Morgan fingerprint density at radius 1 is 1.27 bits per heavy atom. The average Bonchev–Trinajstić information content (AvgIpc) is 2.68. The van der Waals surface area contributed by atoms with Crippen molar-refractivity contribution in [2.24, 2.45) is 0 Å². The second kappa shape index (κ2) is 4.45. The van der Waals surface area contributed by atoms with E-state index in [0.717, 1.165) is 29.2 Å². The molecule has 3 nitrogen and oxygen atoms in total. The minimum absolute atomic E-state index is 0.744. The van der Waals surface area contributed by atoms with Gasteiger partial charge < -0.3 is 0 Å². The number of halogens is 1. The van der Waals surface area contributed by atoms with E-state index in [0.29, 0.717) is 0 Å². The Labute approximate surface area is 93.7 Å². The summed E-state index contributed by atoms with van der Waals surface area (Å²) in [5, 5.41) is 8.70. The lowest BCUT2D eigenvalue weighted by Crippen LogP contribution is -2.01. The van der Waals surface area contributed by atoms with E-state index in [2.05, 4.69) is 17.2 Å². The van der Waals surface area contributed by atoms with Crippen molar-refractivity contribution in [1.29, 1.82) is 0 Å². The van der Waals surface area contributed by atoms with Gasteiger partial charge in [0.05, 0.1) is 11.9 Å². The molecule has 0 aliphatic carbocycles. The van der Waals surface area contributed by atoms with Crippen molar-refractivity contribution in [3.63, 3.8) is 0 Å². The number of aryl methyl sites for hydroxylation is 1. The topological polar surface area (TPSA) is 30.7 Å². The van der Waals surface area contributed by atoms with Crippen LogP contribution in [0.2, 0.25) is 5.02 Å². The van der Waals surface area contributed by atoms with Crippen molar-refractivity contribution in [2.75, 3.05) is 0 Å². The lowest BCUT2D eigenvalue weighted by atomic mass is 10.2. The Hall–Kier alpha value is -1.35. The van der Waals surface area contributed by atoms with Crippen molar-refractivity contribution in [3.05, 3.63) is 35.5 Å². The van der Waals surface area contributed by atoms with E-state index in [9.17, 15) is 0 Å². The molecular weight excluding hydrogens is 210 g/mol. The van der Waals surface area contributed by atoms with E-state index in [1.807, 2.05) is 28.9 Å². The number of hydrogen-bond donors (Lipinski definition) is 0. The molecule has 0 fully saturated rings. The van der Waals surface area contributed by atoms with E-state index in [1.165, 1.54) is 0 Å². The van der Waals surface area contributed by atoms with Crippen LogP contribution in [0.4, 0.5) is 0 Å². The molecule has 0 bridgehead atoms. The molecule has 15 heavy (non-hydrogen) atoms. The molecule has 0 N–H and O–H groups in total. The summed E-state index contributed by atoms with van der Waals surface area (Å²) in [5.74, 6) is 0. The summed E-state index contributed by atoms with van der Waals surface area (Å²) in [5.41, 5.74) is 2.13. The van der Waals surface area contributed by atoms with Crippen LogP contribution in [0.15, 0.2) is 30.5 Å². The summed E-state index contributed by atoms with van der Waals surface area (Å²) >= 11 is 5.84. The second-order valence-corrected chi connectivity index (χ2v) is 3.79. The summed E-state index contributed by atoms with van der Waals surface area (Å²) in [6.07, 6.45) is 2.82. The number of rotatable bonds is 3. The zero-order valence-electron chi connectivity index (χ0n) is 8.52. The monoisotopic (exact) mass is 221 g/mol. The first-order valence-corrected chi connectivity index (χ1v) is 5.33. The lowest BCUT2D eigenvalue weighted by molar-refractivity contribution is 0.584. The highest BCUT2D eigenvalue weighted by molar-refractivity contribution is 6.30. The first-order valence-electron chi connectivity index (χ1n) is 4.95. The summed E-state index contributed by atoms with van der Waals surface area (Å²) in [7, 11) is 0. The lowest BCUT2D eigenvalue weighted by Gasteiger charge is -2.04. The van der Waals surface area contributed by atoms with Crippen LogP contribution >= 0.6 is 11.6 Å². The van der Waals surface area contributed by atoms with Crippen molar-refractivity contribution < 1.29 is 0 Å². The van der Waals surface area contributed by atoms with Crippen LogP contribution in [0.5, 0.6) is 0 Å². The quantitative estimate of drug-likeness (QED) is 0.798. The molecule has 0 spiro atoms. The first kappa shape index (κ1) is 10.2. The molecule has 0 radical (unpaired) electrons. The molecule has 0 aliphatic rings. The number of aromatic nitrogens is 3. The van der Waals surface area contributed by atoms with Crippen LogP contribution in [-0.4, -0.2) is 15.0 Å². The van der Waals surface area contributed by atoms with Gasteiger partial charge in [-0.2, -0.15) is 0 Å². The normalized spacial score (nSPS) is 10.5. The van der Waals surface area contributed by atoms with Crippen LogP contribution in [0.1, 0.15) is 13.3 Å². The van der Waals surface area contributed by atoms with Crippen LogP contribution in [0.25, 0.3) is 11.3 Å². The molecule has 0 saturated heterocycles. The molecular formula is C11H12ClN3. The highest BCUT2D eigenvalue weighted by Gasteiger charge is 2.05. The maximum absolute atomic E-state index is 5.84. The molecule has 0 aliphatic heterocycles. The Balaban J connectivity index is 2.36. The van der Waals surface area contributed by atoms with E-state index in [4.69, 9.17) is 11.6 Å². The third-order valence-electron chi connectivity index (χ3n) is 2.19. The number of benzene rings is 1. The highest BCUT2D eigenvalue weighted by Crippen LogP contribution is 2.20. The Morgan fingerprint density at radius 2 is 2.00 bits per heavy atom. The van der Waals surface area contributed by atoms with Gasteiger partial charge in [-0.05, 0) is 18.6 Å². The van der Waals surface area contributed by atoms with Gasteiger partial charge in [-0.1, -0.05) is 35.9 Å². The van der Waals surface area contributed by atoms with Crippen LogP contribution in [-0.2, 0) is 6.54 Å². The zero-order valence-corrected chi connectivity index (χ0v) is 9.28. The van der Waals surface area contributed by atoms with Crippen molar-refractivity contribution in [3.8, 4) is 11.3 Å². The molecule has 0 atom stereocenters. The van der Waals surface area contributed by atoms with Crippen molar-refractivity contribution >= 4 is 11.6 Å². The molecule has 1 aromatic heterocycles. The molecule has 78 valence electrons. The summed E-state index contributed by atoms with van der Waals surface area (Å²) in [6, 6.07) is 7.71. The van der Waals surface area contributed by atoms with Crippen LogP contribution in [0.3, 0.4) is 0 Å². The van der Waals surface area contributed by atoms with Crippen molar-refractivity contribution in [1.82, 2.24) is 15.0 Å². The van der Waals surface area contributed by atoms with Gasteiger partial charge in [-0.25, -0.2) is 4.68 Å². The van der Waals surface area contributed by atoms with Gasteiger partial charge >= 0.3 is 0 Å². The van der Waals surface area contributed by atoms with Gasteiger partial charge in [0.15, 0.2) is 0 Å². The van der Waals surface area contributed by atoms with Crippen LogP contribution in [0, 0.1) is 0 Å². The second-order valence-electron chi connectivity index (χ2n) is 3.35. The minimum Gasteiger partial charge on any atom is -0.245 e. The molecule has 0 amide bonds. The third-order valence-corrected chi connectivity index (χ3v) is 2.45. The number of hydrogen-bond acceptors (Lipinski definition) is 2. The fourth-order valence-electron chi connectivity index (χ4n) is 1.48. The van der Waals surface area contributed by atoms with E-state index >= 15 is 0 Å². The summed E-state index contributed by atoms with van der Waals surface area (Å²) in [4.78, 5) is 0. The van der Waals surface area contributed by atoms with Gasteiger partial charge in [0.2, 0.25) is 0 Å². The molecule has 1 aromatic carbocycles. The fourth-order valence-corrected chi connectivity index (χ4v) is 1.60. The minimum atomic E-state index is 0.744. The third kappa shape index (κ3) is 2.18. The average molecular weight is 222 g/mol. The molecule has 4 heteroatoms. The highest BCUT2D eigenvalue weighted by atomic mass is 35.5. The Kier molecular flexibility index (Phi) is 3.02. The molecule has 2 rings (SSSR count).